The number of benzene rings is 2. The zero-order chi connectivity index (χ0) is 21.9. The van der Waals surface area contributed by atoms with E-state index in [1.807, 2.05) is 13.8 Å². The highest BCUT2D eigenvalue weighted by molar-refractivity contribution is 6.35. The van der Waals surface area contributed by atoms with Gasteiger partial charge in [0.15, 0.2) is 0 Å². The Bertz CT molecular complexity index is 717. The maximum Gasteiger partial charge on any atom is 0.573 e. The number of aryl methyl sites for hydroxylation is 1. The van der Waals surface area contributed by atoms with Crippen LogP contribution in [0.4, 0.5) is 18.9 Å². The lowest BCUT2D eigenvalue weighted by atomic mass is 10.2. The monoisotopic (exact) mass is 438 g/mol. The van der Waals surface area contributed by atoms with Gasteiger partial charge in [0.2, 0.25) is 5.91 Å². The van der Waals surface area contributed by atoms with Crippen molar-refractivity contribution >= 4 is 34.8 Å². The summed E-state index contributed by atoms with van der Waals surface area (Å²) in [6.45, 7) is 7.39. The number of alkyl halides is 3. The summed E-state index contributed by atoms with van der Waals surface area (Å²) in [5.74, 6) is -0.462. The zero-order valence-electron chi connectivity index (χ0n) is 15.9. The molecule has 0 aliphatic carbocycles. The number of rotatable bonds is 3. The van der Waals surface area contributed by atoms with Gasteiger partial charge in [-0.15, -0.1) is 13.2 Å². The molecule has 4 nitrogen and oxygen atoms in total. The van der Waals surface area contributed by atoms with Gasteiger partial charge < -0.3 is 15.8 Å². The summed E-state index contributed by atoms with van der Waals surface area (Å²) in [6, 6.07) is 9.91. The maximum absolute atomic E-state index is 11.6. The van der Waals surface area contributed by atoms with Gasteiger partial charge in [-0.25, -0.2) is 0 Å². The Labute approximate surface area is 172 Å². The lowest BCUT2D eigenvalue weighted by Gasteiger charge is -2.08. The standard InChI is InChI=1S/C9H10Cl2N2O.C8H7F3O.C2H6/c1-5(12)9(14)13-8-3-6(10)2-7(11)4-8;1-6-2-4-7(5-3-6)12-8(9,10)11;1-2/h2-5H,12H2,1H3,(H,13,14);2-5H,1H3;1-2H3/t5-;;/m0../s1. The van der Waals surface area contributed by atoms with Crippen LogP contribution in [0.2, 0.25) is 10.0 Å². The quantitative estimate of drug-likeness (QED) is 0.599. The lowest BCUT2D eigenvalue weighted by Crippen LogP contribution is -2.32. The third kappa shape index (κ3) is 11.7. The highest BCUT2D eigenvalue weighted by Crippen LogP contribution is 2.23. The van der Waals surface area contributed by atoms with Crippen molar-refractivity contribution in [2.45, 2.75) is 40.1 Å². The van der Waals surface area contributed by atoms with E-state index in [2.05, 4.69) is 10.1 Å². The van der Waals surface area contributed by atoms with E-state index in [-0.39, 0.29) is 11.7 Å². The van der Waals surface area contributed by atoms with Crippen molar-refractivity contribution in [2.75, 3.05) is 5.32 Å². The fourth-order valence-corrected chi connectivity index (χ4v) is 2.15. The molecule has 2 rings (SSSR count). The second-order valence-electron chi connectivity index (χ2n) is 5.30. The predicted molar refractivity (Wildman–Crippen MR) is 108 cm³/mol. The van der Waals surface area contributed by atoms with E-state index < -0.39 is 12.4 Å². The van der Waals surface area contributed by atoms with Crippen molar-refractivity contribution in [1.82, 2.24) is 0 Å². The lowest BCUT2D eigenvalue weighted by molar-refractivity contribution is -0.274. The first kappa shape index (κ1) is 26.0. The van der Waals surface area contributed by atoms with Crippen molar-refractivity contribution in [3.63, 3.8) is 0 Å². The molecule has 3 N–H and O–H groups in total. The summed E-state index contributed by atoms with van der Waals surface area (Å²) in [4.78, 5) is 11.2. The molecule has 0 radical (unpaired) electrons. The molecule has 0 spiro atoms. The fourth-order valence-electron chi connectivity index (χ4n) is 1.62. The van der Waals surface area contributed by atoms with Crippen molar-refractivity contribution in [3.8, 4) is 5.75 Å². The van der Waals surface area contributed by atoms with E-state index in [0.29, 0.717) is 15.7 Å². The van der Waals surface area contributed by atoms with Crippen LogP contribution in [0.1, 0.15) is 26.3 Å². The second-order valence-corrected chi connectivity index (χ2v) is 6.17. The van der Waals surface area contributed by atoms with Gasteiger partial charge in [-0.2, -0.15) is 0 Å². The number of carbonyl (C=O) groups excluding carboxylic acids is 1. The second kappa shape index (κ2) is 12.5. The largest absolute Gasteiger partial charge is 0.573 e. The summed E-state index contributed by atoms with van der Waals surface area (Å²) < 4.78 is 38.5. The predicted octanol–water partition coefficient (Wildman–Crippen LogP) is 6.20. The van der Waals surface area contributed by atoms with Crippen molar-refractivity contribution in [2.24, 2.45) is 5.73 Å². The molecule has 2 aromatic rings. The van der Waals surface area contributed by atoms with Crippen molar-refractivity contribution in [3.05, 3.63) is 58.1 Å². The minimum atomic E-state index is -4.60. The number of hydrogen-bond donors (Lipinski definition) is 2. The summed E-state index contributed by atoms with van der Waals surface area (Å²) in [7, 11) is 0. The Morgan fingerprint density at radius 2 is 1.54 bits per heavy atom. The zero-order valence-corrected chi connectivity index (χ0v) is 17.4. The van der Waals surface area contributed by atoms with Crippen LogP contribution >= 0.6 is 23.2 Å². The number of carbonyl (C=O) groups is 1. The average molecular weight is 439 g/mol. The first-order valence-corrected chi connectivity index (χ1v) is 9.07. The molecule has 0 heterocycles. The summed E-state index contributed by atoms with van der Waals surface area (Å²) in [6.07, 6.45) is -4.60. The van der Waals surface area contributed by atoms with E-state index in [4.69, 9.17) is 28.9 Å². The normalized spacial score (nSPS) is 11.2. The first-order valence-electron chi connectivity index (χ1n) is 8.31. The molecule has 0 aromatic heterocycles. The number of hydrogen-bond acceptors (Lipinski definition) is 3. The van der Waals surface area contributed by atoms with Crippen LogP contribution in [-0.4, -0.2) is 18.3 Å². The number of ether oxygens (including phenoxy) is 1. The molecular weight excluding hydrogens is 416 g/mol. The Morgan fingerprint density at radius 1 is 1.07 bits per heavy atom. The molecule has 9 heteroatoms. The summed E-state index contributed by atoms with van der Waals surface area (Å²) >= 11 is 11.5. The fraction of sp³-hybridized carbons (Fsp3) is 0.316. The molecule has 2 aromatic carbocycles. The SMILES string of the molecule is CC.C[C@H](N)C(=O)Nc1cc(Cl)cc(Cl)c1.Cc1ccc(OC(F)(F)F)cc1. The number of nitrogens with two attached hydrogens (primary N) is 1. The van der Waals surface area contributed by atoms with Gasteiger partial charge in [0.05, 0.1) is 6.04 Å². The molecular formula is C19H23Cl2F3N2O2. The smallest absolute Gasteiger partial charge is 0.406 e. The summed E-state index contributed by atoms with van der Waals surface area (Å²) in [5, 5.41) is 3.53. The van der Waals surface area contributed by atoms with Crippen molar-refractivity contribution < 1.29 is 22.7 Å². The van der Waals surface area contributed by atoms with Crippen molar-refractivity contribution in [1.29, 1.82) is 0 Å². The minimum absolute atomic E-state index is 0.187. The average Bonchev–Trinajstić information content (AvgIpc) is 2.57. The van der Waals surface area contributed by atoms with Crippen LogP contribution in [0.5, 0.6) is 5.75 Å². The number of nitrogens with one attached hydrogen (secondary N) is 1. The van der Waals surface area contributed by atoms with E-state index in [1.165, 1.54) is 12.1 Å². The van der Waals surface area contributed by atoms with Gasteiger partial charge in [0, 0.05) is 15.7 Å². The van der Waals surface area contributed by atoms with Gasteiger partial charge >= 0.3 is 6.36 Å². The van der Waals surface area contributed by atoms with Crippen LogP contribution < -0.4 is 15.8 Å². The topological polar surface area (TPSA) is 64.4 Å². The van der Waals surface area contributed by atoms with Crippen LogP contribution in [0.25, 0.3) is 0 Å². The van der Waals surface area contributed by atoms with Gasteiger partial charge in [-0.05, 0) is 44.2 Å². The molecule has 0 unspecified atom stereocenters. The molecule has 0 saturated carbocycles. The molecule has 0 aliphatic rings. The van der Waals surface area contributed by atoms with Crippen LogP contribution in [0.15, 0.2) is 42.5 Å². The molecule has 0 saturated heterocycles. The molecule has 1 atom stereocenters. The van der Waals surface area contributed by atoms with E-state index in [1.54, 1.807) is 44.2 Å². The third-order valence-electron chi connectivity index (χ3n) is 2.80. The van der Waals surface area contributed by atoms with Gasteiger partial charge in [-0.3, -0.25) is 4.79 Å². The number of halogens is 5. The van der Waals surface area contributed by atoms with Gasteiger partial charge in [-0.1, -0.05) is 54.7 Å². The molecule has 156 valence electrons. The van der Waals surface area contributed by atoms with E-state index in [9.17, 15) is 18.0 Å². The minimum Gasteiger partial charge on any atom is -0.406 e. The van der Waals surface area contributed by atoms with Crippen LogP contribution in [-0.2, 0) is 4.79 Å². The maximum atomic E-state index is 11.6. The Morgan fingerprint density at radius 3 is 1.93 bits per heavy atom. The third-order valence-corrected chi connectivity index (χ3v) is 3.23. The highest BCUT2D eigenvalue weighted by Gasteiger charge is 2.30. The van der Waals surface area contributed by atoms with Crippen LogP contribution in [0, 0.1) is 6.92 Å². The Balaban J connectivity index is 0.000000483. The van der Waals surface area contributed by atoms with E-state index in [0.717, 1.165) is 5.56 Å². The van der Waals surface area contributed by atoms with Gasteiger partial charge in [0.25, 0.3) is 0 Å². The van der Waals surface area contributed by atoms with Gasteiger partial charge in [0.1, 0.15) is 5.75 Å². The highest BCUT2D eigenvalue weighted by atomic mass is 35.5. The van der Waals surface area contributed by atoms with E-state index >= 15 is 0 Å². The van der Waals surface area contributed by atoms with Crippen LogP contribution in [0.3, 0.4) is 0 Å². The first-order chi connectivity index (χ1) is 13.0. The number of anilines is 1. The summed E-state index contributed by atoms with van der Waals surface area (Å²) in [5.41, 5.74) is 6.82. The Hall–Kier alpha value is -1.96. The Kier molecular flexibility index (Phi) is 11.6. The number of amides is 1. The molecule has 1 amide bonds. The molecule has 0 fully saturated rings. The molecule has 28 heavy (non-hydrogen) atoms. The molecule has 0 aliphatic heterocycles. The molecule has 0 bridgehead atoms.